The van der Waals surface area contributed by atoms with E-state index in [4.69, 9.17) is 4.74 Å². The summed E-state index contributed by atoms with van der Waals surface area (Å²) >= 11 is 0. The summed E-state index contributed by atoms with van der Waals surface area (Å²) in [7, 11) is 1.31. The van der Waals surface area contributed by atoms with Crippen LogP contribution in [0.4, 0.5) is 13.2 Å². The lowest BCUT2D eigenvalue weighted by Crippen LogP contribution is -2.13. The average Bonchev–Trinajstić information content (AvgIpc) is 2.61. The van der Waals surface area contributed by atoms with Crippen molar-refractivity contribution in [3.8, 4) is 5.75 Å². The van der Waals surface area contributed by atoms with Crippen molar-refractivity contribution in [1.29, 1.82) is 0 Å². The van der Waals surface area contributed by atoms with Gasteiger partial charge in [-0.15, -0.1) is 0 Å². The first-order chi connectivity index (χ1) is 12.7. The van der Waals surface area contributed by atoms with E-state index in [9.17, 15) is 23.2 Å². The second-order valence-electron chi connectivity index (χ2n) is 5.72. The third-order valence-electron chi connectivity index (χ3n) is 3.90. The number of fused-ring (bicyclic) bond motifs is 1. The molecule has 6 nitrogen and oxygen atoms in total. The Morgan fingerprint density at radius 3 is 2.59 bits per heavy atom. The zero-order valence-corrected chi connectivity index (χ0v) is 14.3. The van der Waals surface area contributed by atoms with E-state index in [2.05, 4.69) is 9.98 Å². The Kier molecular flexibility index (Phi) is 4.61. The molecule has 0 atom stereocenters. The summed E-state index contributed by atoms with van der Waals surface area (Å²) in [5, 5.41) is 9.88. The van der Waals surface area contributed by atoms with Gasteiger partial charge < -0.3 is 9.94 Å². The van der Waals surface area contributed by atoms with E-state index in [1.807, 2.05) is 0 Å². The van der Waals surface area contributed by atoms with E-state index in [1.54, 1.807) is 6.92 Å². The van der Waals surface area contributed by atoms with Crippen molar-refractivity contribution in [3.05, 3.63) is 64.9 Å². The third-order valence-corrected chi connectivity index (χ3v) is 3.90. The number of amides is 1. The minimum Gasteiger partial charge on any atom is -0.494 e. The number of alkyl halides is 3. The number of benzene rings is 1. The van der Waals surface area contributed by atoms with Crippen molar-refractivity contribution in [2.45, 2.75) is 13.1 Å². The van der Waals surface area contributed by atoms with Crippen LogP contribution in [0.15, 0.2) is 47.7 Å². The number of aryl methyl sites for hydroxylation is 1. The van der Waals surface area contributed by atoms with Gasteiger partial charge in [-0.25, -0.2) is 14.7 Å². The van der Waals surface area contributed by atoms with E-state index in [-0.39, 0.29) is 22.2 Å². The average molecular weight is 377 g/mol. The molecule has 27 heavy (non-hydrogen) atoms. The molecule has 0 spiro atoms. The van der Waals surface area contributed by atoms with Crippen LogP contribution in [0.2, 0.25) is 0 Å². The Balaban J connectivity index is 2.18. The quantitative estimate of drug-likeness (QED) is 0.695. The lowest BCUT2D eigenvalue weighted by molar-refractivity contribution is -0.140. The number of ether oxygens (including phenoxy) is 1. The van der Waals surface area contributed by atoms with Gasteiger partial charge in [0, 0.05) is 17.8 Å². The highest BCUT2D eigenvalue weighted by molar-refractivity contribution is 6.08. The number of nitrogens with zero attached hydrogens (tertiary/aromatic N) is 3. The zero-order valence-electron chi connectivity index (χ0n) is 14.3. The van der Waals surface area contributed by atoms with Crippen molar-refractivity contribution in [2.24, 2.45) is 4.99 Å². The van der Waals surface area contributed by atoms with Crippen LogP contribution in [0.25, 0.3) is 10.9 Å². The molecule has 3 aromatic rings. The molecule has 0 aliphatic carbocycles. The maximum absolute atomic E-state index is 13.0. The standard InChI is InChI=1S/C18H14F3N3O3/c1-10-9-24(26)8-7-13(10)22-17(25)12-3-5-14(27-2)16-11(12)4-6-15(23-16)18(19,20)21/h3-9,26H,1-2H3. The number of hydrogen-bond donors (Lipinski definition) is 1. The fourth-order valence-electron chi connectivity index (χ4n) is 2.58. The first kappa shape index (κ1) is 18.4. The Bertz CT molecular complexity index is 1100. The van der Waals surface area contributed by atoms with Crippen LogP contribution < -0.4 is 10.1 Å². The molecular weight excluding hydrogens is 363 g/mol. The summed E-state index contributed by atoms with van der Waals surface area (Å²) in [4.78, 5) is 20.2. The van der Waals surface area contributed by atoms with E-state index >= 15 is 0 Å². The van der Waals surface area contributed by atoms with Gasteiger partial charge >= 0.3 is 6.18 Å². The van der Waals surface area contributed by atoms with E-state index in [1.165, 1.54) is 43.8 Å². The van der Waals surface area contributed by atoms with E-state index < -0.39 is 17.8 Å². The van der Waals surface area contributed by atoms with Gasteiger partial charge in [0.1, 0.15) is 17.0 Å². The molecule has 140 valence electrons. The summed E-state index contributed by atoms with van der Waals surface area (Å²) in [6, 6.07) is 6.22. The second kappa shape index (κ2) is 6.75. The number of pyridine rings is 2. The lowest BCUT2D eigenvalue weighted by Gasteiger charge is -2.11. The van der Waals surface area contributed by atoms with Crippen molar-refractivity contribution >= 4 is 16.8 Å². The van der Waals surface area contributed by atoms with Gasteiger partial charge in [-0.1, -0.05) is 0 Å². The predicted octanol–water partition coefficient (Wildman–Crippen LogP) is 3.35. The molecule has 0 aliphatic heterocycles. The molecule has 2 aromatic heterocycles. The fourth-order valence-corrected chi connectivity index (χ4v) is 2.58. The predicted molar refractivity (Wildman–Crippen MR) is 89.5 cm³/mol. The number of aromatic nitrogens is 2. The largest absolute Gasteiger partial charge is 0.494 e. The van der Waals surface area contributed by atoms with Crippen molar-refractivity contribution < 1.29 is 27.9 Å². The highest BCUT2D eigenvalue weighted by Gasteiger charge is 2.33. The summed E-state index contributed by atoms with van der Waals surface area (Å²) < 4.78 is 44.8. The minimum absolute atomic E-state index is 0.0774. The Morgan fingerprint density at radius 2 is 1.96 bits per heavy atom. The molecule has 1 N–H and O–H groups in total. The maximum atomic E-state index is 13.0. The molecule has 3 rings (SSSR count). The second-order valence-corrected chi connectivity index (χ2v) is 5.72. The summed E-state index contributed by atoms with van der Waals surface area (Å²) in [6.07, 6.45) is -1.94. The Labute approximate surface area is 151 Å². The fraction of sp³-hybridized carbons (Fsp3) is 0.167. The van der Waals surface area contributed by atoms with Gasteiger partial charge in [-0.05, 0) is 42.8 Å². The number of methoxy groups -OCH3 is 1. The van der Waals surface area contributed by atoms with Crippen molar-refractivity contribution in [3.63, 3.8) is 0 Å². The molecular formula is C18H14F3N3O3. The highest BCUT2D eigenvalue weighted by atomic mass is 19.4. The Hall–Kier alpha value is -3.36. The van der Waals surface area contributed by atoms with Crippen molar-refractivity contribution in [2.75, 3.05) is 7.11 Å². The number of rotatable bonds is 2. The third kappa shape index (κ3) is 3.62. The maximum Gasteiger partial charge on any atom is 0.433 e. The highest BCUT2D eigenvalue weighted by Crippen LogP contribution is 2.33. The molecule has 0 saturated heterocycles. The summed E-state index contributed by atoms with van der Waals surface area (Å²) in [5.41, 5.74) is -0.525. The molecule has 0 unspecified atom stereocenters. The van der Waals surface area contributed by atoms with E-state index in [0.29, 0.717) is 10.9 Å². The van der Waals surface area contributed by atoms with Gasteiger partial charge in [0.15, 0.2) is 0 Å². The van der Waals surface area contributed by atoms with Crippen molar-refractivity contribution in [1.82, 2.24) is 9.71 Å². The molecule has 0 bridgehead atoms. The summed E-state index contributed by atoms with van der Waals surface area (Å²) in [5.74, 6) is -0.534. The molecule has 1 aromatic carbocycles. The topological polar surface area (TPSA) is 76.7 Å². The molecule has 9 heteroatoms. The van der Waals surface area contributed by atoms with Gasteiger partial charge in [0.2, 0.25) is 0 Å². The molecule has 0 radical (unpaired) electrons. The van der Waals surface area contributed by atoms with Gasteiger partial charge in [0.25, 0.3) is 5.91 Å². The molecule has 1 amide bonds. The summed E-state index contributed by atoms with van der Waals surface area (Å²) in [6.45, 7) is 1.65. The van der Waals surface area contributed by atoms with Crippen LogP contribution in [-0.4, -0.2) is 27.9 Å². The normalized spacial score (nSPS) is 12.4. The van der Waals surface area contributed by atoms with Crippen LogP contribution in [0.3, 0.4) is 0 Å². The molecule has 0 aliphatic rings. The van der Waals surface area contributed by atoms with Crippen LogP contribution in [0, 0.1) is 6.92 Å². The first-order valence-electron chi connectivity index (χ1n) is 7.73. The molecule has 0 fully saturated rings. The van der Waals surface area contributed by atoms with Gasteiger partial charge in [-0.3, -0.25) is 4.79 Å². The minimum atomic E-state index is -4.62. The van der Waals surface area contributed by atoms with Gasteiger partial charge in [-0.2, -0.15) is 13.2 Å². The zero-order chi connectivity index (χ0) is 19.8. The van der Waals surface area contributed by atoms with E-state index in [0.717, 1.165) is 10.8 Å². The van der Waals surface area contributed by atoms with Gasteiger partial charge in [0.05, 0.1) is 18.0 Å². The van der Waals surface area contributed by atoms with Crippen LogP contribution in [0.1, 0.15) is 21.6 Å². The number of halogens is 3. The number of carbonyl (C=O) groups excluding carboxylic acids is 1. The SMILES string of the molecule is COc1ccc(C(=O)N=c2ccn(O)cc2C)c2ccc(C(F)(F)F)nc12. The van der Waals surface area contributed by atoms with Crippen LogP contribution in [0.5, 0.6) is 5.75 Å². The van der Waals surface area contributed by atoms with Crippen LogP contribution in [-0.2, 0) is 6.18 Å². The number of carbonyl (C=O) groups is 1. The monoisotopic (exact) mass is 377 g/mol. The molecule has 2 heterocycles. The first-order valence-corrected chi connectivity index (χ1v) is 7.73. The lowest BCUT2D eigenvalue weighted by atomic mass is 10.1. The van der Waals surface area contributed by atoms with Crippen LogP contribution >= 0.6 is 0 Å². The number of hydrogen-bond acceptors (Lipinski definition) is 4. The Morgan fingerprint density at radius 1 is 1.22 bits per heavy atom. The smallest absolute Gasteiger partial charge is 0.433 e. The molecule has 0 saturated carbocycles.